The highest BCUT2D eigenvalue weighted by Crippen LogP contribution is 2.13. The largest absolute Gasteiger partial charge is 0.491 e. The molecule has 1 aromatic carbocycles. The van der Waals surface area contributed by atoms with Gasteiger partial charge in [-0.05, 0) is 41.7 Å². The van der Waals surface area contributed by atoms with Crippen LogP contribution >= 0.6 is 0 Å². The fourth-order valence-corrected chi connectivity index (χ4v) is 2.19. The van der Waals surface area contributed by atoms with Crippen molar-refractivity contribution < 1.29 is 14.5 Å². The van der Waals surface area contributed by atoms with Gasteiger partial charge in [-0.15, -0.1) is 0 Å². The summed E-state index contributed by atoms with van der Waals surface area (Å²) < 4.78 is 5.18. The van der Waals surface area contributed by atoms with E-state index in [4.69, 9.17) is 4.65 Å². The summed E-state index contributed by atoms with van der Waals surface area (Å²) in [5, 5.41) is 12.6. The average molecular weight is 268 g/mol. The maximum Gasteiger partial charge on any atom is 0.491 e. The van der Waals surface area contributed by atoms with Crippen LogP contribution in [0.2, 0.25) is 0 Å². The van der Waals surface area contributed by atoms with Crippen molar-refractivity contribution in [3.8, 4) is 0 Å². The first kappa shape index (κ1) is 12.8. The molecule has 2 aromatic rings. The highest BCUT2D eigenvalue weighted by Gasteiger charge is 2.25. The number of amides is 1. The number of benzene rings is 1. The van der Waals surface area contributed by atoms with E-state index in [0.717, 1.165) is 12.0 Å². The van der Waals surface area contributed by atoms with E-state index in [1.165, 1.54) is 0 Å². The number of nitrogens with zero attached hydrogens (tertiary/aromatic N) is 1. The molecule has 0 fully saturated rings. The Morgan fingerprint density at radius 1 is 1.35 bits per heavy atom. The predicted octanol–water partition coefficient (Wildman–Crippen LogP) is 0.594. The topological polar surface area (TPSA) is 71.5 Å². The number of carbonyl (C=O) groups excluding carboxylic acids is 1. The minimum atomic E-state index is -0.926. The second kappa shape index (κ2) is 5.44. The van der Waals surface area contributed by atoms with Crippen molar-refractivity contribution in [2.45, 2.75) is 6.42 Å². The number of nitrogens with one attached hydrogen (secondary N) is 1. The normalized spacial score (nSPS) is 13.8. The minimum Gasteiger partial charge on any atom is -0.423 e. The lowest BCUT2D eigenvalue weighted by Crippen LogP contribution is -2.41. The van der Waals surface area contributed by atoms with E-state index in [1.54, 1.807) is 30.5 Å². The summed E-state index contributed by atoms with van der Waals surface area (Å²) in [6.45, 7) is 0.508. The predicted molar refractivity (Wildman–Crippen MR) is 75.9 cm³/mol. The molecule has 2 N–H and O–H groups in total. The fraction of sp³-hybridized carbons (Fsp3) is 0.143. The zero-order valence-electron chi connectivity index (χ0n) is 10.7. The minimum absolute atomic E-state index is 0.281. The van der Waals surface area contributed by atoms with Gasteiger partial charge in [-0.3, -0.25) is 9.78 Å². The number of carbonyl (C=O) groups is 1. The van der Waals surface area contributed by atoms with Crippen LogP contribution in [0.1, 0.15) is 16.1 Å². The van der Waals surface area contributed by atoms with Crippen LogP contribution in [-0.4, -0.2) is 29.6 Å². The molecule has 100 valence electrons. The Balaban J connectivity index is 1.82. The number of hydrogen-bond acceptors (Lipinski definition) is 4. The van der Waals surface area contributed by atoms with E-state index in [9.17, 15) is 9.82 Å². The van der Waals surface area contributed by atoms with Gasteiger partial charge in [0.2, 0.25) is 0 Å². The van der Waals surface area contributed by atoms with E-state index < -0.39 is 7.12 Å². The lowest BCUT2D eigenvalue weighted by atomic mass is 9.73. The first-order chi connectivity index (χ1) is 9.74. The molecular formula is C14H13BN2O3. The molecule has 2 heterocycles. The number of aromatic nitrogens is 1. The molecule has 1 aliphatic heterocycles. The van der Waals surface area contributed by atoms with Crippen LogP contribution < -0.4 is 10.8 Å². The van der Waals surface area contributed by atoms with Gasteiger partial charge >= 0.3 is 7.12 Å². The van der Waals surface area contributed by atoms with Gasteiger partial charge in [-0.25, -0.2) is 0 Å². The standard InChI is InChI=1S/C14H13BN2O3/c18-14(13-3-1-2-7-16-13)17-11-5-4-10-6-8-20-15(19)12(10)9-11/h1-5,7,9,19H,6,8H2,(H,17,18). The summed E-state index contributed by atoms with van der Waals surface area (Å²) >= 11 is 0. The molecule has 6 heteroatoms. The lowest BCUT2D eigenvalue weighted by molar-refractivity contribution is 0.102. The van der Waals surface area contributed by atoms with Gasteiger partial charge in [-0.1, -0.05) is 12.1 Å². The third-order valence-electron chi connectivity index (χ3n) is 3.21. The molecule has 0 aliphatic carbocycles. The molecule has 1 aromatic heterocycles. The second-order valence-electron chi connectivity index (χ2n) is 4.56. The van der Waals surface area contributed by atoms with Crippen LogP contribution in [0.25, 0.3) is 0 Å². The molecule has 3 rings (SSSR count). The number of rotatable bonds is 2. The van der Waals surface area contributed by atoms with Gasteiger partial charge in [-0.2, -0.15) is 0 Å². The van der Waals surface area contributed by atoms with Crippen molar-refractivity contribution in [3.63, 3.8) is 0 Å². The Morgan fingerprint density at radius 2 is 2.25 bits per heavy atom. The van der Waals surface area contributed by atoms with Crippen molar-refractivity contribution in [2.75, 3.05) is 11.9 Å². The summed E-state index contributed by atoms with van der Waals surface area (Å²) in [5.41, 5.74) is 2.71. The number of hydrogen-bond donors (Lipinski definition) is 2. The SMILES string of the molecule is O=C(Nc1ccc2c(c1)B(O)OCC2)c1ccccn1. The highest BCUT2D eigenvalue weighted by molar-refractivity contribution is 6.61. The van der Waals surface area contributed by atoms with E-state index in [0.29, 0.717) is 23.5 Å². The fourth-order valence-electron chi connectivity index (χ4n) is 2.19. The first-order valence-corrected chi connectivity index (χ1v) is 6.39. The first-order valence-electron chi connectivity index (χ1n) is 6.39. The molecule has 0 unspecified atom stereocenters. The van der Waals surface area contributed by atoms with E-state index >= 15 is 0 Å². The quantitative estimate of drug-likeness (QED) is 0.782. The van der Waals surface area contributed by atoms with Crippen LogP contribution in [0.3, 0.4) is 0 Å². The summed E-state index contributed by atoms with van der Waals surface area (Å²) in [6, 6.07) is 10.6. The Kier molecular flexibility index (Phi) is 3.49. The molecule has 0 atom stereocenters. The van der Waals surface area contributed by atoms with Crippen LogP contribution in [0.5, 0.6) is 0 Å². The third-order valence-corrected chi connectivity index (χ3v) is 3.21. The van der Waals surface area contributed by atoms with Crippen LogP contribution in [-0.2, 0) is 11.1 Å². The summed E-state index contributed by atoms with van der Waals surface area (Å²) in [5.74, 6) is -0.281. The van der Waals surface area contributed by atoms with Crippen LogP contribution in [0, 0.1) is 0 Å². The van der Waals surface area contributed by atoms with Crippen molar-refractivity contribution in [1.82, 2.24) is 4.98 Å². The monoisotopic (exact) mass is 268 g/mol. The van der Waals surface area contributed by atoms with E-state index in [1.807, 2.05) is 12.1 Å². The summed E-state index contributed by atoms with van der Waals surface area (Å²) in [4.78, 5) is 16.0. The maximum atomic E-state index is 12.0. The zero-order valence-corrected chi connectivity index (χ0v) is 10.7. The smallest absolute Gasteiger partial charge is 0.423 e. The number of anilines is 1. The van der Waals surface area contributed by atoms with Gasteiger partial charge in [0.05, 0.1) is 0 Å². The molecule has 5 nitrogen and oxygen atoms in total. The van der Waals surface area contributed by atoms with Gasteiger partial charge in [0.1, 0.15) is 5.69 Å². The third kappa shape index (κ3) is 2.56. The maximum absolute atomic E-state index is 12.0. The average Bonchev–Trinajstić information content (AvgIpc) is 2.49. The molecule has 0 bridgehead atoms. The molecule has 0 saturated heterocycles. The summed E-state index contributed by atoms with van der Waals surface area (Å²) in [6.07, 6.45) is 2.33. The Labute approximate surface area is 116 Å². The van der Waals surface area contributed by atoms with Crippen molar-refractivity contribution in [2.24, 2.45) is 0 Å². The van der Waals surface area contributed by atoms with Crippen molar-refractivity contribution in [1.29, 1.82) is 0 Å². The van der Waals surface area contributed by atoms with Gasteiger partial charge in [0.15, 0.2) is 0 Å². The molecular weight excluding hydrogens is 255 g/mol. The molecule has 0 spiro atoms. The van der Waals surface area contributed by atoms with Gasteiger partial charge in [0, 0.05) is 18.5 Å². The second-order valence-corrected chi connectivity index (χ2v) is 4.56. The van der Waals surface area contributed by atoms with Gasteiger partial charge < -0.3 is 15.0 Å². The van der Waals surface area contributed by atoms with Crippen molar-refractivity contribution in [3.05, 3.63) is 53.9 Å². The molecule has 0 radical (unpaired) electrons. The molecule has 0 saturated carbocycles. The molecule has 1 aliphatic rings. The lowest BCUT2D eigenvalue weighted by Gasteiger charge is -2.19. The Bertz CT molecular complexity index is 634. The highest BCUT2D eigenvalue weighted by atomic mass is 16.5. The van der Waals surface area contributed by atoms with E-state index in [2.05, 4.69) is 10.3 Å². The zero-order chi connectivity index (χ0) is 13.9. The number of pyridine rings is 1. The Hall–Kier alpha value is -2.18. The van der Waals surface area contributed by atoms with E-state index in [-0.39, 0.29) is 5.91 Å². The van der Waals surface area contributed by atoms with Crippen LogP contribution in [0.4, 0.5) is 5.69 Å². The van der Waals surface area contributed by atoms with Crippen molar-refractivity contribution >= 4 is 24.2 Å². The molecule has 1 amide bonds. The van der Waals surface area contributed by atoms with Crippen LogP contribution in [0.15, 0.2) is 42.6 Å². The molecule has 20 heavy (non-hydrogen) atoms. The van der Waals surface area contributed by atoms with Gasteiger partial charge in [0.25, 0.3) is 5.91 Å². The Morgan fingerprint density at radius 3 is 3.05 bits per heavy atom. The summed E-state index contributed by atoms with van der Waals surface area (Å²) in [7, 11) is -0.926. The number of fused-ring (bicyclic) bond motifs is 1.